The molecule has 2 heterocycles. The van der Waals surface area contributed by atoms with Crippen LogP contribution in [-0.2, 0) is 15.4 Å². The van der Waals surface area contributed by atoms with E-state index in [2.05, 4.69) is 36.9 Å². The van der Waals surface area contributed by atoms with Gasteiger partial charge >= 0.3 is 0 Å². The summed E-state index contributed by atoms with van der Waals surface area (Å²) >= 11 is 0. The topological polar surface area (TPSA) is 64.4 Å². The molecule has 0 bridgehead atoms. The fourth-order valence-electron chi connectivity index (χ4n) is 4.42. The molecule has 4 rings (SSSR count). The van der Waals surface area contributed by atoms with Gasteiger partial charge in [0.25, 0.3) is 0 Å². The molecule has 0 aromatic heterocycles. The van der Waals surface area contributed by atoms with Crippen LogP contribution in [0.5, 0.6) is 0 Å². The average molecular weight is 382 g/mol. The highest BCUT2D eigenvalue weighted by atomic mass is 32.2. The van der Waals surface area contributed by atoms with Crippen LogP contribution in [0.1, 0.15) is 36.6 Å². The standard InChI is InChI=1S/C21H23N3O2S/c1-21(2)15-23-11-12-24(14-19(23)17-8-4-5-9-18(17)21)27(25,26)20-10-6-3-7-16(20)13-22/h3-10,19H,11-12,14-15H2,1-2H3. The van der Waals surface area contributed by atoms with Gasteiger partial charge in [0.2, 0.25) is 10.0 Å². The lowest BCUT2D eigenvalue weighted by Gasteiger charge is -2.49. The first-order valence-corrected chi connectivity index (χ1v) is 10.6. The van der Waals surface area contributed by atoms with E-state index in [0.717, 1.165) is 6.54 Å². The summed E-state index contributed by atoms with van der Waals surface area (Å²) in [5.74, 6) is 0. The molecule has 27 heavy (non-hydrogen) atoms. The Labute approximate surface area is 160 Å². The molecule has 5 nitrogen and oxygen atoms in total. The van der Waals surface area contributed by atoms with Gasteiger partial charge in [-0.05, 0) is 23.3 Å². The number of piperazine rings is 1. The van der Waals surface area contributed by atoms with Crippen molar-refractivity contribution in [3.05, 3.63) is 65.2 Å². The minimum absolute atomic E-state index is 0.0432. The van der Waals surface area contributed by atoms with E-state index >= 15 is 0 Å². The summed E-state index contributed by atoms with van der Waals surface area (Å²) in [7, 11) is -3.70. The van der Waals surface area contributed by atoms with Crippen LogP contribution in [0, 0.1) is 11.3 Å². The molecule has 1 saturated heterocycles. The summed E-state index contributed by atoms with van der Waals surface area (Å²) in [5, 5.41) is 9.31. The maximum Gasteiger partial charge on any atom is 0.244 e. The van der Waals surface area contributed by atoms with Crippen LogP contribution in [0.4, 0.5) is 0 Å². The van der Waals surface area contributed by atoms with Gasteiger partial charge in [0.1, 0.15) is 6.07 Å². The number of hydrogen-bond acceptors (Lipinski definition) is 4. The lowest BCUT2D eigenvalue weighted by Crippen LogP contribution is -2.55. The quantitative estimate of drug-likeness (QED) is 0.802. The summed E-state index contributed by atoms with van der Waals surface area (Å²) in [4.78, 5) is 2.50. The molecule has 0 radical (unpaired) electrons. The van der Waals surface area contributed by atoms with Crippen LogP contribution in [0.3, 0.4) is 0 Å². The highest BCUT2D eigenvalue weighted by Crippen LogP contribution is 2.41. The van der Waals surface area contributed by atoms with Gasteiger partial charge in [-0.25, -0.2) is 8.42 Å². The van der Waals surface area contributed by atoms with E-state index in [-0.39, 0.29) is 21.9 Å². The lowest BCUT2D eigenvalue weighted by molar-refractivity contribution is 0.0807. The second kappa shape index (κ2) is 6.45. The fraction of sp³-hybridized carbons (Fsp3) is 0.381. The van der Waals surface area contributed by atoms with Gasteiger partial charge in [0.15, 0.2) is 0 Å². The number of nitrogens with zero attached hydrogens (tertiary/aromatic N) is 3. The van der Waals surface area contributed by atoms with Crippen molar-refractivity contribution in [2.45, 2.75) is 30.2 Å². The van der Waals surface area contributed by atoms with Crippen molar-refractivity contribution in [2.75, 3.05) is 26.2 Å². The molecule has 140 valence electrons. The first kappa shape index (κ1) is 18.2. The maximum atomic E-state index is 13.2. The number of rotatable bonds is 2. The molecule has 0 aliphatic carbocycles. The molecule has 1 atom stereocenters. The monoisotopic (exact) mass is 381 g/mol. The van der Waals surface area contributed by atoms with E-state index in [9.17, 15) is 13.7 Å². The smallest absolute Gasteiger partial charge is 0.244 e. The van der Waals surface area contributed by atoms with Gasteiger partial charge < -0.3 is 0 Å². The number of nitriles is 1. The Balaban J connectivity index is 1.72. The van der Waals surface area contributed by atoms with Gasteiger partial charge in [0.05, 0.1) is 10.5 Å². The predicted molar refractivity (Wildman–Crippen MR) is 104 cm³/mol. The van der Waals surface area contributed by atoms with E-state index in [4.69, 9.17) is 0 Å². The van der Waals surface area contributed by atoms with Crippen LogP contribution in [0.2, 0.25) is 0 Å². The first-order valence-electron chi connectivity index (χ1n) is 9.17. The van der Waals surface area contributed by atoms with Crippen molar-refractivity contribution in [2.24, 2.45) is 0 Å². The van der Waals surface area contributed by atoms with Crippen LogP contribution in [-0.4, -0.2) is 43.8 Å². The van der Waals surface area contributed by atoms with Crippen molar-refractivity contribution in [1.29, 1.82) is 5.26 Å². The van der Waals surface area contributed by atoms with Crippen molar-refractivity contribution in [3.8, 4) is 6.07 Å². The summed E-state index contributed by atoms with van der Waals surface area (Å²) < 4.78 is 28.0. The Bertz CT molecular complexity index is 1020. The normalized spacial score (nSPS) is 22.5. The summed E-state index contributed by atoms with van der Waals surface area (Å²) in [6, 6.07) is 16.9. The molecular formula is C21H23N3O2S. The van der Waals surface area contributed by atoms with E-state index in [1.807, 2.05) is 12.1 Å². The first-order chi connectivity index (χ1) is 12.8. The molecule has 1 fully saturated rings. The second-order valence-electron chi connectivity index (χ2n) is 7.93. The molecule has 2 aromatic carbocycles. The van der Waals surface area contributed by atoms with E-state index in [1.165, 1.54) is 17.2 Å². The Kier molecular flexibility index (Phi) is 4.34. The third kappa shape index (κ3) is 2.96. The Morgan fingerprint density at radius 3 is 2.56 bits per heavy atom. The van der Waals surface area contributed by atoms with E-state index in [0.29, 0.717) is 19.6 Å². The van der Waals surface area contributed by atoms with Gasteiger partial charge in [-0.1, -0.05) is 50.2 Å². The fourth-order valence-corrected chi connectivity index (χ4v) is 6.00. The molecule has 1 unspecified atom stereocenters. The van der Waals surface area contributed by atoms with Gasteiger partial charge in [-0.3, -0.25) is 4.90 Å². The zero-order valence-electron chi connectivity index (χ0n) is 15.6. The van der Waals surface area contributed by atoms with Crippen molar-refractivity contribution < 1.29 is 8.42 Å². The predicted octanol–water partition coefficient (Wildman–Crippen LogP) is 2.90. The van der Waals surface area contributed by atoms with Crippen LogP contribution < -0.4 is 0 Å². The van der Waals surface area contributed by atoms with Crippen molar-refractivity contribution >= 4 is 10.0 Å². The lowest BCUT2D eigenvalue weighted by atomic mass is 9.75. The third-order valence-corrected chi connectivity index (χ3v) is 7.65. The van der Waals surface area contributed by atoms with Gasteiger partial charge in [-0.2, -0.15) is 9.57 Å². The minimum atomic E-state index is -3.70. The van der Waals surface area contributed by atoms with Crippen LogP contribution in [0.15, 0.2) is 53.4 Å². The maximum absolute atomic E-state index is 13.2. The van der Waals surface area contributed by atoms with Crippen LogP contribution in [0.25, 0.3) is 0 Å². The average Bonchev–Trinajstić information content (AvgIpc) is 2.67. The highest BCUT2D eigenvalue weighted by Gasteiger charge is 2.42. The largest absolute Gasteiger partial charge is 0.293 e. The Morgan fingerprint density at radius 2 is 1.78 bits per heavy atom. The summed E-state index contributed by atoms with van der Waals surface area (Å²) in [5.41, 5.74) is 2.75. The van der Waals surface area contributed by atoms with E-state index < -0.39 is 10.0 Å². The summed E-state index contributed by atoms with van der Waals surface area (Å²) in [6.45, 7) is 6.95. The number of benzene rings is 2. The molecule has 2 aromatic rings. The summed E-state index contributed by atoms with van der Waals surface area (Å²) in [6.07, 6.45) is 0. The number of hydrogen-bond donors (Lipinski definition) is 0. The van der Waals surface area contributed by atoms with Gasteiger partial charge in [-0.15, -0.1) is 0 Å². The molecule has 2 aliphatic rings. The molecular weight excluding hydrogens is 358 g/mol. The van der Waals surface area contributed by atoms with E-state index in [1.54, 1.807) is 22.5 Å². The molecule has 0 amide bonds. The zero-order valence-corrected chi connectivity index (χ0v) is 16.4. The SMILES string of the molecule is CC1(C)CN2CCN(S(=O)(=O)c3ccccc3C#N)CC2c2ccccc21. The second-order valence-corrected chi connectivity index (χ2v) is 9.83. The number of sulfonamides is 1. The number of fused-ring (bicyclic) bond motifs is 3. The van der Waals surface area contributed by atoms with Gasteiger partial charge in [0, 0.05) is 37.6 Å². The highest BCUT2D eigenvalue weighted by molar-refractivity contribution is 7.89. The molecule has 6 heteroatoms. The van der Waals surface area contributed by atoms with Crippen molar-refractivity contribution in [1.82, 2.24) is 9.21 Å². The Morgan fingerprint density at radius 1 is 1.07 bits per heavy atom. The molecule has 0 saturated carbocycles. The zero-order chi connectivity index (χ0) is 19.2. The molecule has 0 N–H and O–H groups in total. The van der Waals surface area contributed by atoms with Crippen molar-refractivity contribution in [3.63, 3.8) is 0 Å². The minimum Gasteiger partial charge on any atom is -0.293 e. The van der Waals surface area contributed by atoms with Crippen LogP contribution >= 0.6 is 0 Å². The Hall–Kier alpha value is -2.20. The molecule has 0 spiro atoms. The molecule has 2 aliphatic heterocycles. The third-order valence-electron chi connectivity index (χ3n) is 5.73.